The highest BCUT2D eigenvalue weighted by molar-refractivity contribution is 5.28. The van der Waals surface area contributed by atoms with Gasteiger partial charge in [0.05, 0.1) is 6.61 Å². The van der Waals surface area contributed by atoms with E-state index in [1.165, 1.54) is 0 Å². The first kappa shape index (κ1) is 14.3. The van der Waals surface area contributed by atoms with Gasteiger partial charge >= 0.3 is 0 Å². The molecular weight excluding hydrogens is 246 g/mol. The minimum atomic E-state index is -0.870. The zero-order valence-corrected chi connectivity index (χ0v) is 11.3. The van der Waals surface area contributed by atoms with Gasteiger partial charge in [-0.15, -0.1) is 0 Å². The van der Waals surface area contributed by atoms with Crippen molar-refractivity contribution in [2.45, 2.75) is 24.9 Å². The zero-order valence-electron chi connectivity index (χ0n) is 11.3. The van der Waals surface area contributed by atoms with Crippen LogP contribution in [0.2, 0.25) is 0 Å². The van der Waals surface area contributed by atoms with Gasteiger partial charge in [0.25, 0.3) is 0 Å². The Balaban J connectivity index is 1.89. The van der Waals surface area contributed by atoms with Crippen LogP contribution in [0.4, 0.5) is 0 Å². The predicted octanol–water partition coefficient (Wildman–Crippen LogP) is 0.248. The first-order valence-electron chi connectivity index (χ1n) is 6.40. The van der Waals surface area contributed by atoms with E-state index in [1.807, 2.05) is 38.4 Å². The number of nitrogens with zero attached hydrogens (tertiary/aromatic N) is 1. The zero-order chi connectivity index (χ0) is 13.8. The summed E-state index contributed by atoms with van der Waals surface area (Å²) < 4.78 is 10.9. The monoisotopic (exact) mass is 267 g/mol. The third-order valence-electron chi connectivity index (χ3n) is 3.07. The number of rotatable bonds is 5. The fourth-order valence-electron chi connectivity index (χ4n) is 2.09. The number of benzene rings is 1. The minimum Gasteiger partial charge on any atom is -0.491 e. The van der Waals surface area contributed by atoms with E-state index >= 15 is 0 Å². The smallest absolute Gasteiger partial charge is 0.120 e. The largest absolute Gasteiger partial charge is 0.491 e. The van der Waals surface area contributed by atoms with Crippen molar-refractivity contribution in [2.24, 2.45) is 0 Å². The number of ether oxygens (including phenoxy) is 2. The van der Waals surface area contributed by atoms with E-state index < -0.39 is 18.3 Å². The second-order valence-corrected chi connectivity index (χ2v) is 5.13. The fraction of sp³-hybridized carbons (Fsp3) is 0.571. The average Bonchev–Trinajstić information content (AvgIpc) is 2.67. The molecule has 1 fully saturated rings. The molecule has 5 nitrogen and oxygen atoms in total. The summed E-state index contributed by atoms with van der Waals surface area (Å²) in [5, 5.41) is 19.0. The van der Waals surface area contributed by atoms with Crippen LogP contribution in [-0.4, -0.2) is 60.7 Å². The number of hydrogen-bond acceptors (Lipinski definition) is 5. The standard InChI is InChI=1S/C14H21NO4/c1-15(2)7-10-4-3-5-11(6-10)18-9-13-14(17)12(16)8-19-13/h3-6,12-14,16-17H,7-9H2,1-2H3. The summed E-state index contributed by atoms with van der Waals surface area (Å²) in [6.45, 7) is 1.25. The highest BCUT2D eigenvalue weighted by Gasteiger charge is 2.34. The lowest BCUT2D eigenvalue weighted by atomic mass is 10.1. The van der Waals surface area contributed by atoms with Gasteiger partial charge in [-0.3, -0.25) is 0 Å². The summed E-state index contributed by atoms with van der Waals surface area (Å²) in [5.74, 6) is 0.747. The lowest BCUT2D eigenvalue weighted by molar-refractivity contribution is -0.000108. The second kappa shape index (κ2) is 6.34. The van der Waals surface area contributed by atoms with E-state index in [0.717, 1.165) is 17.9 Å². The fourth-order valence-corrected chi connectivity index (χ4v) is 2.09. The predicted molar refractivity (Wildman–Crippen MR) is 71.1 cm³/mol. The Kier molecular flexibility index (Phi) is 4.76. The molecule has 0 aromatic heterocycles. The van der Waals surface area contributed by atoms with Crippen molar-refractivity contribution in [2.75, 3.05) is 27.3 Å². The van der Waals surface area contributed by atoms with Gasteiger partial charge in [0.2, 0.25) is 0 Å². The Morgan fingerprint density at radius 3 is 2.79 bits per heavy atom. The maximum atomic E-state index is 9.65. The normalized spacial score (nSPS) is 26.9. The van der Waals surface area contributed by atoms with Gasteiger partial charge in [0, 0.05) is 6.54 Å². The maximum Gasteiger partial charge on any atom is 0.120 e. The number of aliphatic hydroxyl groups excluding tert-OH is 2. The Morgan fingerprint density at radius 1 is 1.37 bits per heavy atom. The third-order valence-corrected chi connectivity index (χ3v) is 3.07. The highest BCUT2D eigenvalue weighted by Crippen LogP contribution is 2.18. The van der Waals surface area contributed by atoms with Gasteiger partial charge in [-0.2, -0.15) is 0 Å². The van der Waals surface area contributed by atoms with Crippen LogP contribution >= 0.6 is 0 Å². The van der Waals surface area contributed by atoms with Gasteiger partial charge in [-0.05, 0) is 31.8 Å². The summed E-state index contributed by atoms with van der Waals surface area (Å²) >= 11 is 0. The molecular formula is C14H21NO4. The lowest BCUT2D eigenvalue weighted by Gasteiger charge is -2.16. The molecule has 19 heavy (non-hydrogen) atoms. The summed E-state index contributed by atoms with van der Waals surface area (Å²) in [4.78, 5) is 2.08. The molecule has 1 aliphatic rings. The SMILES string of the molecule is CN(C)Cc1cccc(OCC2OCC(O)C2O)c1. The van der Waals surface area contributed by atoms with Crippen LogP contribution in [0.1, 0.15) is 5.56 Å². The van der Waals surface area contributed by atoms with Crippen molar-refractivity contribution in [1.29, 1.82) is 0 Å². The van der Waals surface area contributed by atoms with Crippen LogP contribution in [0.25, 0.3) is 0 Å². The number of aliphatic hydroxyl groups is 2. The molecule has 0 aliphatic carbocycles. The second-order valence-electron chi connectivity index (χ2n) is 5.13. The van der Waals surface area contributed by atoms with Gasteiger partial charge in [0.1, 0.15) is 30.7 Å². The van der Waals surface area contributed by atoms with Crippen molar-refractivity contribution < 1.29 is 19.7 Å². The van der Waals surface area contributed by atoms with Crippen molar-refractivity contribution in [3.05, 3.63) is 29.8 Å². The van der Waals surface area contributed by atoms with Gasteiger partial charge in [-0.1, -0.05) is 12.1 Å². The molecule has 0 radical (unpaired) electrons. The summed E-state index contributed by atoms with van der Waals surface area (Å²) in [6.07, 6.45) is -2.15. The molecule has 0 bridgehead atoms. The first-order chi connectivity index (χ1) is 9.06. The topological polar surface area (TPSA) is 62.2 Å². The van der Waals surface area contributed by atoms with E-state index in [2.05, 4.69) is 4.90 Å². The number of hydrogen-bond donors (Lipinski definition) is 2. The van der Waals surface area contributed by atoms with Crippen LogP contribution in [0.5, 0.6) is 5.75 Å². The molecule has 0 saturated carbocycles. The first-order valence-corrected chi connectivity index (χ1v) is 6.40. The van der Waals surface area contributed by atoms with Gasteiger partial charge in [0.15, 0.2) is 0 Å². The van der Waals surface area contributed by atoms with Crippen LogP contribution in [0.15, 0.2) is 24.3 Å². The van der Waals surface area contributed by atoms with Gasteiger partial charge in [-0.25, -0.2) is 0 Å². The van der Waals surface area contributed by atoms with Crippen LogP contribution in [0.3, 0.4) is 0 Å². The lowest BCUT2D eigenvalue weighted by Crippen LogP contribution is -2.33. The summed E-state index contributed by atoms with van der Waals surface area (Å²) in [7, 11) is 4.02. The van der Waals surface area contributed by atoms with E-state index in [0.29, 0.717) is 0 Å². The molecule has 3 atom stereocenters. The molecule has 106 valence electrons. The van der Waals surface area contributed by atoms with Crippen LogP contribution in [-0.2, 0) is 11.3 Å². The molecule has 1 aliphatic heterocycles. The van der Waals surface area contributed by atoms with E-state index in [4.69, 9.17) is 9.47 Å². The van der Waals surface area contributed by atoms with E-state index in [-0.39, 0.29) is 13.2 Å². The highest BCUT2D eigenvalue weighted by atomic mass is 16.6. The van der Waals surface area contributed by atoms with Crippen LogP contribution < -0.4 is 4.74 Å². The third kappa shape index (κ3) is 3.91. The quantitative estimate of drug-likeness (QED) is 0.800. The Bertz CT molecular complexity index is 410. The molecule has 0 spiro atoms. The molecule has 2 rings (SSSR count). The van der Waals surface area contributed by atoms with Crippen LogP contribution in [0, 0.1) is 0 Å². The van der Waals surface area contributed by atoms with Crippen molar-refractivity contribution in [1.82, 2.24) is 4.90 Å². The minimum absolute atomic E-state index is 0.163. The van der Waals surface area contributed by atoms with E-state index in [9.17, 15) is 10.2 Å². The molecule has 2 N–H and O–H groups in total. The molecule has 1 aromatic carbocycles. The molecule has 1 heterocycles. The molecule has 1 saturated heterocycles. The van der Waals surface area contributed by atoms with Crippen molar-refractivity contribution >= 4 is 0 Å². The maximum absolute atomic E-state index is 9.65. The van der Waals surface area contributed by atoms with Crippen molar-refractivity contribution in [3.63, 3.8) is 0 Å². The Hall–Kier alpha value is -1.14. The molecule has 1 aromatic rings. The van der Waals surface area contributed by atoms with Crippen molar-refractivity contribution in [3.8, 4) is 5.75 Å². The molecule has 0 amide bonds. The summed E-state index contributed by atoms with van der Waals surface area (Å²) in [5.41, 5.74) is 1.16. The average molecular weight is 267 g/mol. The summed E-state index contributed by atoms with van der Waals surface area (Å²) in [6, 6.07) is 7.82. The molecule has 5 heteroatoms. The Morgan fingerprint density at radius 2 is 2.16 bits per heavy atom. The van der Waals surface area contributed by atoms with E-state index in [1.54, 1.807) is 0 Å². The van der Waals surface area contributed by atoms with Gasteiger partial charge < -0.3 is 24.6 Å². The molecule has 3 unspecified atom stereocenters. The Labute approximate surface area is 113 Å².